The van der Waals surface area contributed by atoms with Crippen LogP contribution >= 0.6 is 0 Å². The highest BCUT2D eigenvalue weighted by atomic mass is 16.3. The number of amides is 6. The van der Waals surface area contributed by atoms with E-state index in [1.807, 2.05) is 13.8 Å². The van der Waals surface area contributed by atoms with Crippen LogP contribution in [0.4, 0.5) is 10.5 Å². The van der Waals surface area contributed by atoms with Crippen molar-refractivity contribution in [2.24, 2.45) is 11.7 Å². The topological polar surface area (TPSA) is 202 Å². The second kappa shape index (κ2) is 16.2. The molecular weight excluding hydrogens is 556 g/mol. The maximum absolute atomic E-state index is 13.3. The predicted molar refractivity (Wildman–Crippen MR) is 157 cm³/mol. The zero-order chi connectivity index (χ0) is 31.4. The summed E-state index contributed by atoms with van der Waals surface area (Å²) in [7, 11) is 0. The van der Waals surface area contributed by atoms with Gasteiger partial charge >= 0.3 is 6.03 Å². The van der Waals surface area contributed by atoms with Gasteiger partial charge in [-0.2, -0.15) is 0 Å². The minimum Gasteiger partial charge on any atom is -0.392 e. The van der Waals surface area contributed by atoms with E-state index >= 15 is 0 Å². The van der Waals surface area contributed by atoms with Crippen LogP contribution in [-0.4, -0.2) is 67.7 Å². The van der Waals surface area contributed by atoms with E-state index in [1.165, 1.54) is 21.7 Å². The van der Waals surface area contributed by atoms with Gasteiger partial charge in [-0.15, -0.1) is 5.10 Å². The second-order valence-electron chi connectivity index (χ2n) is 10.7. The Labute approximate surface area is 250 Å². The molecule has 14 heteroatoms. The maximum Gasteiger partial charge on any atom is 0.312 e. The Balaban J connectivity index is 1.60. The third kappa shape index (κ3) is 10.0. The zero-order valence-corrected chi connectivity index (χ0v) is 24.5. The monoisotopic (exact) mass is 596 g/mol. The summed E-state index contributed by atoms with van der Waals surface area (Å²) in [4.78, 5) is 61.6. The Morgan fingerprint density at radius 1 is 1.00 bits per heavy atom. The van der Waals surface area contributed by atoms with Crippen LogP contribution in [0.25, 0.3) is 0 Å². The number of nitrogens with one attached hydrogen (secondary N) is 3. The van der Waals surface area contributed by atoms with Gasteiger partial charge in [0.2, 0.25) is 11.8 Å². The van der Waals surface area contributed by atoms with Gasteiger partial charge in [-0.3, -0.25) is 24.1 Å². The summed E-state index contributed by atoms with van der Waals surface area (Å²) in [5.74, 6) is -1.15. The summed E-state index contributed by atoms with van der Waals surface area (Å²) in [5.41, 5.74) is 6.91. The van der Waals surface area contributed by atoms with Crippen LogP contribution in [0.5, 0.6) is 0 Å². The van der Waals surface area contributed by atoms with Crippen molar-refractivity contribution in [1.82, 2.24) is 30.5 Å². The number of urea groups is 1. The molecule has 0 fully saturated rings. The number of nitrogens with two attached hydrogens (primary N) is 1. The van der Waals surface area contributed by atoms with Gasteiger partial charge in [-0.1, -0.05) is 37.6 Å². The fourth-order valence-corrected chi connectivity index (χ4v) is 4.61. The third-order valence-corrected chi connectivity index (χ3v) is 7.00. The normalized spacial score (nSPS) is 14.2. The van der Waals surface area contributed by atoms with E-state index in [9.17, 15) is 29.1 Å². The van der Waals surface area contributed by atoms with Crippen LogP contribution in [0.15, 0.2) is 42.6 Å². The number of rotatable bonds is 17. The number of hydrogen-bond acceptors (Lipinski definition) is 8. The fourth-order valence-electron chi connectivity index (χ4n) is 4.61. The van der Waals surface area contributed by atoms with Crippen molar-refractivity contribution >= 4 is 35.3 Å². The number of anilines is 1. The molecule has 0 saturated carbocycles. The van der Waals surface area contributed by atoms with Crippen LogP contribution in [-0.2, 0) is 25.8 Å². The first-order chi connectivity index (χ1) is 20.6. The van der Waals surface area contributed by atoms with Crippen LogP contribution < -0.4 is 21.7 Å². The minimum absolute atomic E-state index is 0.0223. The highest BCUT2D eigenvalue weighted by Gasteiger charge is 2.27. The van der Waals surface area contributed by atoms with E-state index in [2.05, 4.69) is 26.3 Å². The quantitative estimate of drug-likeness (QED) is 0.134. The van der Waals surface area contributed by atoms with Crippen LogP contribution in [0.3, 0.4) is 0 Å². The molecule has 1 aliphatic rings. The van der Waals surface area contributed by atoms with E-state index in [0.717, 1.165) is 0 Å². The molecule has 2 aromatic rings. The number of imide groups is 1. The molecular formula is C29H40N8O6. The number of aromatic nitrogens is 3. The number of hydrogen-bond donors (Lipinski definition) is 5. The van der Waals surface area contributed by atoms with Crippen molar-refractivity contribution in [3.63, 3.8) is 0 Å². The summed E-state index contributed by atoms with van der Waals surface area (Å²) >= 11 is 0. The van der Waals surface area contributed by atoms with Gasteiger partial charge in [0.1, 0.15) is 11.7 Å². The number of benzene rings is 1. The summed E-state index contributed by atoms with van der Waals surface area (Å²) in [6, 6.07) is 4.93. The molecule has 1 aliphatic heterocycles. The van der Waals surface area contributed by atoms with Crippen LogP contribution in [0.2, 0.25) is 0 Å². The van der Waals surface area contributed by atoms with Crippen LogP contribution in [0.1, 0.15) is 75.7 Å². The van der Waals surface area contributed by atoms with Crippen molar-refractivity contribution in [2.75, 3.05) is 18.4 Å². The average molecular weight is 597 g/mol. The largest absolute Gasteiger partial charge is 0.392 e. The van der Waals surface area contributed by atoms with Gasteiger partial charge in [0.15, 0.2) is 0 Å². The van der Waals surface area contributed by atoms with Crippen molar-refractivity contribution in [1.29, 1.82) is 0 Å². The first-order valence-electron chi connectivity index (χ1n) is 14.4. The Bertz CT molecular complexity index is 1290. The van der Waals surface area contributed by atoms with E-state index in [1.54, 1.807) is 30.5 Å². The number of aliphatic hydroxyl groups excluding tert-OH is 1. The molecule has 1 aromatic carbocycles. The lowest BCUT2D eigenvalue weighted by atomic mass is 10.0. The molecule has 0 saturated heterocycles. The molecule has 0 bridgehead atoms. The Morgan fingerprint density at radius 2 is 1.70 bits per heavy atom. The lowest BCUT2D eigenvalue weighted by Gasteiger charge is -2.20. The lowest BCUT2D eigenvalue weighted by Crippen LogP contribution is -2.32. The van der Waals surface area contributed by atoms with Crippen LogP contribution in [0, 0.1) is 5.92 Å². The number of aliphatic hydroxyl groups is 1. The highest BCUT2D eigenvalue weighted by molar-refractivity contribution is 6.12. The number of unbranched alkanes of at least 4 members (excludes halogenated alkanes) is 2. The van der Waals surface area contributed by atoms with Gasteiger partial charge in [0.25, 0.3) is 11.8 Å². The number of carbonyl (C=O) groups excluding carboxylic acids is 5. The Morgan fingerprint density at radius 3 is 2.33 bits per heavy atom. The predicted octanol–water partition coefficient (Wildman–Crippen LogP) is 1.70. The number of primary amides is 1. The molecule has 3 rings (SSSR count). The molecule has 0 aliphatic carbocycles. The molecule has 2 unspecified atom stereocenters. The molecule has 2 atom stereocenters. The first kappa shape index (κ1) is 32.9. The number of nitrogens with zero attached hydrogens (tertiary/aromatic N) is 4. The molecule has 232 valence electrons. The molecule has 6 amide bonds. The smallest absolute Gasteiger partial charge is 0.312 e. The third-order valence-electron chi connectivity index (χ3n) is 7.00. The van der Waals surface area contributed by atoms with Gasteiger partial charge in [0, 0.05) is 37.3 Å². The van der Waals surface area contributed by atoms with Crippen molar-refractivity contribution in [3.05, 3.63) is 53.9 Å². The van der Waals surface area contributed by atoms with E-state index < -0.39 is 18.1 Å². The summed E-state index contributed by atoms with van der Waals surface area (Å²) in [5, 5.41) is 26.1. The molecule has 14 nitrogen and oxygen atoms in total. The van der Waals surface area contributed by atoms with Gasteiger partial charge in [0.05, 0.1) is 18.8 Å². The summed E-state index contributed by atoms with van der Waals surface area (Å²) in [6.45, 7) is 4.37. The van der Waals surface area contributed by atoms with Gasteiger partial charge < -0.3 is 26.8 Å². The standard InChI is InChI=1S/C29H40N8O6/c1-19(2)27(33-24(39)8-4-3-5-16-36-25(40)13-14-26(36)41)22-17-37(35-34-22)23(7-6-15-31-29(30)43)28(42)32-21-11-9-20(18-38)10-12-21/h9-14,17,19,23,27,38H,3-8,15-16,18H2,1-2H3,(H,32,42)(H,33,39)(H3,30,31,43). The first-order valence-corrected chi connectivity index (χ1v) is 14.4. The number of carbonyl (C=O) groups is 5. The van der Waals surface area contributed by atoms with Crippen molar-refractivity contribution in [2.45, 2.75) is 71.1 Å². The van der Waals surface area contributed by atoms with E-state index in [-0.39, 0.29) is 49.1 Å². The average Bonchev–Trinajstić information content (AvgIpc) is 3.57. The Kier molecular flexibility index (Phi) is 12.4. The van der Waals surface area contributed by atoms with Crippen molar-refractivity contribution < 1.29 is 29.1 Å². The molecule has 0 spiro atoms. The fraction of sp³-hybridized carbons (Fsp3) is 0.483. The van der Waals surface area contributed by atoms with Crippen molar-refractivity contribution in [3.8, 4) is 0 Å². The summed E-state index contributed by atoms with van der Waals surface area (Å²) < 4.78 is 1.45. The minimum atomic E-state index is -0.762. The maximum atomic E-state index is 13.3. The SMILES string of the molecule is CC(C)C(NC(=O)CCCCCN1C(=O)C=CC1=O)c1cn(C(CCCNC(N)=O)C(=O)Nc2ccc(CO)cc2)nn1. The molecule has 6 N–H and O–H groups in total. The second-order valence-corrected chi connectivity index (χ2v) is 10.7. The zero-order valence-electron chi connectivity index (χ0n) is 24.5. The molecule has 2 heterocycles. The molecule has 0 radical (unpaired) electrons. The molecule has 43 heavy (non-hydrogen) atoms. The molecule has 1 aromatic heterocycles. The Hall–Kier alpha value is -4.59. The van der Waals surface area contributed by atoms with E-state index in [0.29, 0.717) is 55.6 Å². The summed E-state index contributed by atoms with van der Waals surface area (Å²) in [6.07, 6.45) is 7.07. The van der Waals surface area contributed by atoms with Gasteiger partial charge in [-0.05, 0) is 49.3 Å². The highest BCUT2D eigenvalue weighted by Crippen LogP contribution is 2.23. The van der Waals surface area contributed by atoms with E-state index in [4.69, 9.17) is 5.73 Å². The van der Waals surface area contributed by atoms with Gasteiger partial charge in [-0.25, -0.2) is 9.48 Å². The lowest BCUT2D eigenvalue weighted by molar-refractivity contribution is -0.137.